The Labute approximate surface area is 195 Å². The molecule has 1 aromatic heterocycles. The van der Waals surface area contributed by atoms with E-state index >= 15 is 0 Å². The van der Waals surface area contributed by atoms with E-state index in [1.54, 1.807) is 32.0 Å². The first-order valence-corrected chi connectivity index (χ1v) is 12.9. The fourth-order valence-corrected chi connectivity index (χ4v) is 4.30. The Morgan fingerprint density at radius 3 is 2.48 bits per heavy atom. The minimum atomic E-state index is -3.33. The number of hydrogen-bond donors (Lipinski definition) is 2. The number of amides is 2. The fraction of sp³-hybridized carbons (Fsp3) is 0.522. The van der Waals surface area contributed by atoms with Crippen molar-refractivity contribution < 1.29 is 17.9 Å². The first-order chi connectivity index (χ1) is 15.5. The van der Waals surface area contributed by atoms with Gasteiger partial charge in [0.2, 0.25) is 0 Å². The number of urea groups is 1. The molecule has 2 amide bonds. The second kappa shape index (κ2) is 10.5. The molecule has 0 saturated carbocycles. The van der Waals surface area contributed by atoms with Crippen LogP contribution in [0.2, 0.25) is 0 Å². The molecule has 33 heavy (non-hydrogen) atoms. The molecule has 1 atom stereocenters. The molecule has 10 heteroatoms. The van der Waals surface area contributed by atoms with Crippen LogP contribution in [0.1, 0.15) is 40.3 Å². The number of carbonyl (C=O) groups excluding carboxylic acids is 1. The third-order valence-corrected chi connectivity index (χ3v) is 7.45. The number of morpholine rings is 1. The highest BCUT2D eigenvalue weighted by Crippen LogP contribution is 2.25. The predicted molar refractivity (Wildman–Crippen MR) is 130 cm³/mol. The molecule has 0 aliphatic carbocycles. The lowest BCUT2D eigenvalue weighted by atomic mass is 10.2. The summed E-state index contributed by atoms with van der Waals surface area (Å²) in [5.74, 6) is 0.975. The van der Waals surface area contributed by atoms with Crippen molar-refractivity contribution in [2.75, 3.05) is 30.0 Å². The molecule has 0 bridgehead atoms. The predicted octanol–water partition coefficient (Wildman–Crippen LogP) is 3.22. The van der Waals surface area contributed by atoms with Gasteiger partial charge in [-0.1, -0.05) is 0 Å². The summed E-state index contributed by atoms with van der Waals surface area (Å²) in [7, 11) is -3.33. The van der Waals surface area contributed by atoms with E-state index in [2.05, 4.69) is 20.5 Å². The van der Waals surface area contributed by atoms with E-state index in [0.717, 1.165) is 5.56 Å². The summed E-state index contributed by atoms with van der Waals surface area (Å²) in [5.41, 5.74) is 1.83. The molecule has 3 rings (SSSR count). The molecule has 1 aliphatic rings. The van der Waals surface area contributed by atoms with Gasteiger partial charge >= 0.3 is 6.03 Å². The average Bonchev–Trinajstić information content (AvgIpc) is 2.73. The lowest BCUT2D eigenvalue weighted by Gasteiger charge is -2.34. The maximum atomic E-state index is 12.6. The van der Waals surface area contributed by atoms with Crippen LogP contribution in [-0.4, -0.2) is 61.5 Å². The van der Waals surface area contributed by atoms with Crippen molar-refractivity contribution in [1.29, 1.82) is 0 Å². The van der Waals surface area contributed by atoms with Crippen LogP contribution in [0.5, 0.6) is 0 Å². The van der Waals surface area contributed by atoms with Crippen LogP contribution in [0.25, 0.3) is 11.4 Å². The minimum Gasteiger partial charge on any atom is -0.377 e. The zero-order chi connectivity index (χ0) is 24.2. The first kappa shape index (κ1) is 24.9. The van der Waals surface area contributed by atoms with Gasteiger partial charge in [-0.25, -0.2) is 23.2 Å². The molecule has 0 spiro atoms. The summed E-state index contributed by atoms with van der Waals surface area (Å²) in [4.78, 5) is 23.4. The molecule has 180 valence electrons. The number of anilines is 2. The quantitative estimate of drug-likeness (QED) is 0.632. The molecule has 9 nitrogen and oxygen atoms in total. The van der Waals surface area contributed by atoms with Crippen LogP contribution in [-0.2, 0) is 20.3 Å². The van der Waals surface area contributed by atoms with Gasteiger partial charge in [0.05, 0.1) is 36.0 Å². The van der Waals surface area contributed by atoms with Crippen LogP contribution in [0.4, 0.5) is 16.3 Å². The second-order valence-corrected chi connectivity index (χ2v) is 11.4. The Morgan fingerprint density at radius 2 is 1.88 bits per heavy atom. The van der Waals surface area contributed by atoms with Gasteiger partial charge < -0.3 is 20.3 Å². The topological polar surface area (TPSA) is 114 Å². The van der Waals surface area contributed by atoms with Crippen molar-refractivity contribution >= 4 is 27.4 Å². The van der Waals surface area contributed by atoms with Crippen LogP contribution in [0, 0.1) is 0 Å². The summed E-state index contributed by atoms with van der Waals surface area (Å²) in [6.07, 6.45) is 0. The lowest BCUT2D eigenvalue weighted by molar-refractivity contribution is 0.0985. The van der Waals surface area contributed by atoms with E-state index in [1.165, 1.54) is 0 Å². The van der Waals surface area contributed by atoms with Crippen LogP contribution in [0.15, 0.2) is 30.3 Å². The van der Waals surface area contributed by atoms with Gasteiger partial charge in [0, 0.05) is 29.9 Å². The fourth-order valence-electron chi connectivity index (χ4n) is 3.41. The first-order valence-electron chi connectivity index (χ1n) is 11.2. The number of rotatable bonds is 7. The molecule has 1 aromatic carbocycles. The summed E-state index contributed by atoms with van der Waals surface area (Å²) < 4.78 is 30.7. The molecule has 2 heterocycles. The van der Waals surface area contributed by atoms with Crippen molar-refractivity contribution in [1.82, 2.24) is 15.3 Å². The van der Waals surface area contributed by atoms with Gasteiger partial charge in [0.1, 0.15) is 5.82 Å². The Balaban J connectivity index is 1.93. The normalized spacial score (nSPS) is 16.8. The molecular weight excluding hydrogens is 442 g/mol. The van der Waals surface area contributed by atoms with Gasteiger partial charge in [-0.3, -0.25) is 0 Å². The highest BCUT2D eigenvalue weighted by molar-refractivity contribution is 7.91. The molecule has 0 radical (unpaired) electrons. The molecule has 2 aromatic rings. The van der Waals surface area contributed by atoms with Gasteiger partial charge in [-0.15, -0.1) is 0 Å². The van der Waals surface area contributed by atoms with Gasteiger partial charge in [-0.05, 0) is 58.9 Å². The molecule has 1 saturated heterocycles. The van der Waals surface area contributed by atoms with Crippen molar-refractivity contribution in [3.8, 4) is 11.4 Å². The maximum absolute atomic E-state index is 12.6. The van der Waals surface area contributed by atoms with E-state index in [4.69, 9.17) is 9.72 Å². The summed E-state index contributed by atoms with van der Waals surface area (Å²) in [6.45, 7) is 11.0. The number of nitrogens with zero attached hydrogens (tertiary/aromatic N) is 3. The average molecular weight is 476 g/mol. The second-order valence-electron chi connectivity index (χ2n) is 8.84. The number of sulfone groups is 1. The number of nitrogens with one attached hydrogen (secondary N) is 2. The third-order valence-electron chi connectivity index (χ3n) is 5.32. The van der Waals surface area contributed by atoms with Crippen molar-refractivity contribution in [3.05, 3.63) is 36.0 Å². The SMILES string of the molecule is CC(C)NC(=O)Nc1ccc(-c2nc(CS(=O)(=O)C(C)C)cc(N3CCOC[C@@H]3C)n2)cc1. The van der Waals surface area contributed by atoms with Gasteiger partial charge in [0.25, 0.3) is 0 Å². The zero-order valence-corrected chi connectivity index (χ0v) is 20.6. The summed E-state index contributed by atoms with van der Waals surface area (Å²) in [6, 6.07) is 8.79. The number of ether oxygens (including phenoxy) is 1. The zero-order valence-electron chi connectivity index (χ0n) is 19.8. The van der Waals surface area contributed by atoms with Crippen molar-refractivity contribution in [2.45, 2.75) is 57.7 Å². The lowest BCUT2D eigenvalue weighted by Crippen LogP contribution is -2.44. The van der Waals surface area contributed by atoms with Crippen molar-refractivity contribution in [2.24, 2.45) is 0 Å². The maximum Gasteiger partial charge on any atom is 0.319 e. The largest absolute Gasteiger partial charge is 0.377 e. The van der Waals surface area contributed by atoms with E-state index in [9.17, 15) is 13.2 Å². The Kier molecular flexibility index (Phi) is 7.91. The van der Waals surface area contributed by atoms with E-state index in [0.29, 0.717) is 42.8 Å². The van der Waals surface area contributed by atoms with Gasteiger partial charge in [0.15, 0.2) is 15.7 Å². The number of benzene rings is 1. The van der Waals surface area contributed by atoms with Crippen LogP contribution in [0.3, 0.4) is 0 Å². The minimum absolute atomic E-state index is 0.0310. The van der Waals surface area contributed by atoms with E-state index < -0.39 is 15.1 Å². The Hall–Kier alpha value is -2.72. The van der Waals surface area contributed by atoms with E-state index in [-0.39, 0.29) is 23.9 Å². The van der Waals surface area contributed by atoms with Crippen LogP contribution >= 0.6 is 0 Å². The molecular formula is C23H33N5O4S. The van der Waals surface area contributed by atoms with Crippen LogP contribution < -0.4 is 15.5 Å². The highest BCUT2D eigenvalue weighted by atomic mass is 32.2. The Morgan fingerprint density at radius 1 is 1.18 bits per heavy atom. The highest BCUT2D eigenvalue weighted by Gasteiger charge is 2.24. The smallest absolute Gasteiger partial charge is 0.319 e. The number of aromatic nitrogens is 2. The number of carbonyl (C=O) groups is 1. The van der Waals surface area contributed by atoms with Crippen molar-refractivity contribution in [3.63, 3.8) is 0 Å². The summed E-state index contributed by atoms with van der Waals surface area (Å²) >= 11 is 0. The Bertz CT molecular complexity index is 1070. The monoisotopic (exact) mass is 475 g/mol. The standard InChI is InChI=1S/C23H33N5O4S/c1-15(2)24-23(29)26-19-8-6-18(7-9-19)22-25-20(14-33(30,31)16(3)4)12-21(27-22)28-10-11-32-13-17(28)5/h6-9,12,15-17H,10-11,13-14H2,1-5H3,(H2,24,26,29)/t17-/m0/s1. The summed E-state index contributed by atoms with van der Waals surface area (Å²) in [5, 5.41) is 5.06. The molecule has 2 N–H and O–H groups in total. The molecule has 1 fully saturated rings. The molecule has 1 aliphatic heterocycles. The van der Waals surface area contributed by atoms with Gasteiger partial charge in [-0.2, -0.15) is 0 Å². The van der Waals surface area contributed by atoms with E-state index in [1.807, 2.05) is 32.9 Å². The number of hydrogen-bond acceptors (Lipinski definition) is 7. The molecule has 0 unspecified atom stereocenters. The third kappa shape index (κ3) is 6.64.